The predicted octanol–water partition coefficient (Wildman–Crippen LogP) is 3.62. The third-order valence-electron chi connectivity index (χ3n) is 4.37. The van der Waals surface area contributed by atoms with Gasteiger partial charge in [0.2, 0.25) is 5.91 Å². The highest BCUT2D eigenvalue weighted by molar-refractivity contribution is 7.13. The van der Waals surface area contributed by atoms with Crippen molar-refractivity contribution in [2.75, 3.05) is 25.0 Å². The minimum atomic E-state index is 0.0788. The molecule has 0 N–H and O–H groups in total. The van der Waals surface area contributed by atoms with Crippen LogP contribution in [0.2, 0.25) is 0 Å². The summed E-state index contributed by atoms with van der Waals surface area (Å²) >= 11 is 1.48. The highest BCUT2D eigenvalue weighted by Gasteiger charge is 2.28. The lowest BCUT2D eigenvalue weighted by Gasteiger charge is -2.29. The number of furan rings is 1. The molecule has 3 heterocycles. The van der Waals surface area contributed by atoms with Crippen LogP contribution >= 0.6 is 11.3 Å². The number of amides is 1. The van der Waals surface area contributed by atoms with Crippen LogP contribution in [0.5, 0.6) is 0 Å². The van der Waals surface area contributed by atoms with Crippen LogP contribution in [0.3, 0.4) is 0 Å². The molecule has 23 heavy (non-hydrogen) atoms. The van der Waals surface area contributed by atoms with E-state index >= 15 is 0 Å². The van der Waals surface area contributed by atoms with Gasteiger partial charge >= 0.3 is 0 Å². The number of hydrogen-bond donors (Lipinski definition) is 0. The van der Waals surface area contributed by atoms with Gasteiger partial charge in [-0.25, -0.2) is 4.98 Å². The van der Waals surface area contributed by atoms with Crippen LogP contribution in [0.1, 0.15) is 43.2 Å². The molecule has 124 valence electrons. The molecule has 6 heteroatoms. The number of anilines is 1. The fourth-order valence-corrected chi connectivity index (χ4v) is 3.70. The maximum atomic E-state index is 12.6. The average Bonchev–Trinajstić information content (AvgIpc) is 3.16. The van der Waals surface area contributed by atoms with Crippen LogP contribution in [-0.2, 0) is 4.79 Å². The molecule has 1 fully saturated rings. The zero-order valence-electron chi connectivity index (χ0n) is 13.7. The Kier molecular flexibility index (Phi) is 5.13. The topological polar surface area (TPSA) is 49.6 Å². The van der Waals surface area contributed by atoms with Crippen molar-refractivity contribution < 1.29 is 9.21 Å². The standard InChI is InChI=1S/C17H23N3O2S/c1-13-7-8-15(22-13)14-6-4-3-5-10-20(14)12-16(21)19(2)17-18-9-11-23-17/h7-9,11,14H,3-6,10,12H2,1-2H3/t14-/m1/s1. The summed E-state index contributed by atoms with van der Waals surface area (Å²) in [5.41, 5.74) is 0. The molecule has 2 aromatic rings. The smallest absolute Gasteiger partial charge is 0.242 e. The van der Waals surface area contributed by atoms with Gasteiger partial charge in [0.15, 0.2) is 5.13 Å². The molecule has 0 bridgehead atoms. The molecule has 0 spiro atoms. The zero-order valence-corrected chi connectivity index (χ0v) is 14.5. The third-order valence-corrected chi connectivity index (χ3v) is 5.22. The summed E-state index contributed by atoms with van der Waals surface area (Å²) in [4.78, 5) is 20.8. The third kappa shape index (κ3) is 3.82. The van der Waals surface area contributed by atoms with Gasteiger partial charge in [-0.1, -0.05) is 12.8 Å². The van der Waals surface area contributed by atoms with Crippen molar-refractivity contribution in [3.8, 4) is 0 Å². The quantitative estimate of drug-likeness (QED) is 0.857. The fourth-order valence-electron chi connectivity index (χ4n) is 3.08. The van der Waals surface area contributed by atoms with E-state index in [4.69, 9.17) is 4.42 Å². The molecule has 0 aliphatic carbocycles. The number of carbonyl (C=O) groups excluding carboxylic acids is 1. The SMILES string of the molecule is Cc1ccc([C@H]2CCCCCN2CC(=O)N(C)c2nccs2)o1. The van der Waals surface area contributed by atoms with E-state index in [2.05, 4.69) is 9.88 Å². The molecular weight excluding hydrogens is 310 g/mol. The van der Waals surface area contributed by atoms with Crippen LogP contribution in [0.15, 0.2) is 28.1 Å². The van der Waals surface area contributed by atoms with Crippen LogP contribution in [0.4, 0.5) is 5.13 Å². The fraction of sp³-hybridized carbons (Fsp3) is 0.529. The molecule has 0 radical (unpaired) electrons. The molecule has 0 aromatic carbocycles. The van der Waals surface area contributed by atoms with Crippen molar-refractivity contribution in [1.29, 1.82) is 0 Å². The first-order chi connectivity index (χ1) is 11.1. The zero-order chi connectivity index (χ0) is 16.2. The van der Waals surface area contributed by atoms with Gasteiger partial charge in [-0.05, 0) is 38.4 Å². The summed E-state index contributed by atoms with van der Waals surface area (Å²) in [5.74, 6) is 1.99. The largest absolute Gasteiger partial charge is 0.465 e. The number of thiazole rings is 1. The van der Waals surface area contributed by atoms with Gasteiger partial charge in [0.1, 0.15) is 11.5 Å². The lowest BCUT2D eigenvalue weighted by molar-refractivity contribution is -0.120. The Labute approximate surface area is 140 Å². The maximum Gasteiger partial charge on any atom is 0.242 e. The Morgan fingerprint density at radius 2 is 2.30 bits per heavy atom. The van der Waals surface area contributed by atoms with Crippen molar-refractivity contribution in [1.82, 2.24) is 9.88 Å². The average molecular weight is 333 g/mol. The predicted molar refractivity (Wildman–Crippen MR) is 91.8 cm³/mol. The molecule has 5 nitrogen and oxygen atoms in total. The van der Waals surface area contributed by atoms with Crippen LogP contribution < -0.4 is 4.90 Å². The van der Waals surface area contributed by atoms with E-state index in [9.17, 15) is 4.79 Å². The van der Waals surface area contributed by atoms with E-state index in [-0.39, 0.29) is 11.9 Å². The minimum Gasteiger partial charge on any atom is -0.465 e. The van der Waals surface area contributed by atoms with Gasteiger partial charge < -0.3 is 4.42 Å². The van der Waals surface area contributed by atoms with Gasteiger partial charge in [-0.2, -0.15) is 0 Å². The molecule has 2 aromatic heterocycles. The van der Waals surface area contributed by atoms with Gasteiger partial charge in [0.05, 0.1) is 12.6 Å². The molecule has 1 aliphatic rings. The first-order valence-electron chi connectivity index (χ1n) is 8.11. The Hall–Kier alpha value is -1.66. The van der Waals surface area contributed by atoms with Crippen LogP contribution in [0, 0.1) is 6.92 Å². The summed E-state index contributed by atoms with van der Waals surface area (Å²) in [6.45, 7) is 3.30. The maximum absolute atomic E-state index is 12.6. The number of hydrogen-bond acceptors (Lipinski definition) is 5. The summed E-state index contributed by atoms with van der Waals surface area (Å²) in [6, 6.07) is 4.25. The van der Waals surface area contributed by atoms with Crippen LogP contribution in [-0.4, -0.2) is 35.9 Å². The number of aromatic nitrogens is 1. The van der Waals surface area contributed by atoms with E-state index in [1.807, 2.05) is 24.4 Å². The van der Waals surface area contributed by atoms with E-state index in [1.165, 1.54) is 24.2 Å². The lowest BCUT2D eigenvalue weighted by Crippen LogP contribution is -2.40. The van der Waals surface area contributed by atoms with Gasteiger partial charge in [0, 0.05) is 18.6 Å². The Balaban J connectivity index is 1.73. The Bertz CT molecular complexity index is 638. The molecule has 0 saturated carbocycles. The molecule has 1 amide bonds. The summed E-state index contributed by atoms with van der Waals surface area (Å²) in [6.07, 6.45) is 6.29. The van der Waals surface area contributed by atoms with Crippen molar-refractivity contribution in [3.63, 3.8) is 0 Å². The molecule has 1 saturated heterocycles. The number of rotatable bonds is 4. The normalized spacial score (nSPS) is 19.5. The summed E-state index contributed by atoms with van der Waals surface area (Å²) in [7, 11) is 1.80. The first kappa shape index (κ1) is 16.2. The second-order valence-electron chi connectivity index (χ2n) is 6.05. The molecule has 1 aliphatic heterocycles. The molecule has 3 rings (SSSR count). The summed E-state index contributed by atoms with van der Waals surface area (Å²) in [5, 5.41) is 2.63. The first-order valence-corrected chi connectivity index (χ1v) is 8.99. The van der Waals surface area contributed by atoms with E-state index in [0.29, 0.717) is 6.54 Å². The van der Waals surface area contributed by atoms with Gasteiger partial charge in [0.25, 0.3) is 0 Å². The number of nitrogens with zero attached hydrogens (tertiary/aromatic N) is 3. The Morgan fingerprint density at radius 1 is 1.43 bits per heavy atom. The number of likely N-dealkylation sites (N-methyl/N-ethyl adjacent to an activating group) is 1. The number of aryl methyl sites for hydroxylation is 1. The van der Waals surface area contributed by atoms with E-state index < -0.39 is 0 Å². The van der Waals surface area contributed by atoms with Gasteiger partial charge in [-0.3, -0.25) is 14.6 Å². The minimum absolute atomic E-state index is 0.0788. The second-order valence-corrected chi connectivity index (χ2v) is 6.92. The van der Waals surface area contributed by atoms with Crippen LogP contribution in [0.25, 0.3) is 0 Å². The summed E-state index contributed by atoms with van der Waals surface area (Å²) < 4.78 is 5.85. The van der Waals surface area contributed by atoms with Crippen molar-refractivity contribution >= 4 is 22.4 Å². The highest BCUT2D eigenvalue weighted by Crippen LogP contribution is 2.31. The second kappa shape index (κ2) is 7.27. The lowest BCUT2D eigenvalue weighted by atomic mass is 10.1. The number of likely N-dealkylation sites (tertiary alicyclic amines) is 1. The van der Waals surface area contributed by atoms with Crippen molar-refractivity contribution in [3.05, 3.63) is 35.2 Å². The molecule has 1 atom stereocenters. The highest BCUT2D eigenvalue weighted by atomic mass is 32.1. The van der Waals surface area contributed by atoms with Crippen molar-refractivity contribution in [2.45, 2.75) is 38.6 Å². The number of carbonyl (C=O) groups is 1. The van der Waals surface area contributed by atoms with E-state index in [0.717, 1.165) is 36.0 Å². The molecular formula is C17H23N3O2S. The van der Waals surface area contributed by atoms with Gasteiger partial charge in [-0.15, -0.1) is 11.3 Å². The molecule has 0 unspecified atom stereocenters. The monoisotopic (exact) mass is 333 g/mol. The van der Waals surface area contributed by atoms with E-state index in [1.54, 1.807) is 18.1 Å². The van der Waals surface area contributed by atoms with Crippen molar-refractivity contribution in [2.24, 2.45) is 0 Å². The Morgan fingerprint density at radius 3 is 3.00 bits per heavy atom.